The van der Waals surface area contributed by atoms with Gasteiger partial charge in [0.15, 0.2) is 18.1 Å². The van der Waals surface area contributed by atoms with Crippen LogP contribution in [0.25, 0.3) is 5.76 Å². The first-order valence-electron chi connectivity index (χ1n) is 10.7. The maximum Gasteiger partial charge on any atom is 0.349 e. The summed E-state index contributed by atoms with van der Waals surface area (Å²) in [4.78, 5) is 25.4. The maximum absolute atomic E-state index is 13.5. The fourth-order valence-electron chi connectivity index (χ4n) is 3.67. The van der Waals surface area contributed by atoms with Gasteiger partial charge in [0.25, 0.3) is 10.0 Å². The van der Waals surface area contributed by atoms with Crippen LogP contribution >= 0.6 is 0 Å². The molecule has 4 rings (SSSR count). The van der Waals surface area contributed by atoms with E-state index in [-0.39, 0.29) is 28.5 Å². The number of ketones is 1. The summed E-state index contributed by atoms with van der Waals surface area (Å²) >= 11 is 0. The van der Waals surface area contributed by atoms with Crippen LogP contribution in [0.2, 0.25) is 0 Å². The number of fused-ring (bicyclic) bond motifs is 1. The normalized spacial score (nSPS) is 14.2. The monoisotopic (exact) mass is 493 g/mol. The van der Waals surface area contributed by atoms with Crippen molar-refractivity contribution in [2.45, 2.75) is 18.4 Å². The number of methoxy groups -OCH3 is 1. The number of benzene rings is 3. The van der Waals surface area contributed by atoms with Crippen LogP contribution in [0, 0.1) is 0 Å². The van der Waals surface area contributed by atoms with E-state index < -0.39 is 28.4 Å². The Hall–Kier alpha value is -4.11. The molecule has 1 aliphatic rings. The van der Waals surface area contributed by atoms with Crippen LogP contribution in [-0.2, 0) is 30.9 Å². The average Bonchev–Trinajstić information content (AvgIpc) is 2.86. The number of Topliss-reactive ketones (excluding diaryl/α,β-unsaturated/α-hetero) is 1. The number of nitrogens with zero attached hydrogens (tertiary/aromatic N) is 1. The van der Waals surface area contributed by atoms with Gasteiger partial charge >= 0.3 is 5.97 Å². The lowest BCUT2D eigenvalue weighted by atomic mass is 10.1. The van der Waals surface area contributed by atoms with E-state index in [1.165, 1.54) is 26.2 Å². The molecular formula is C26H23NO7S. The van der Waals surface area contributed by atoms with E-state index >= 15 is 0 Å². The number of hydrogen-bond donors (Lipinski definition) is 0. The van der Waals surface area contributed by atoms with E-state index in [2.05, 4.69) is 0 Å². The largest absolute Gasteiger partial charge is 0.497 e. The molecule has 8 nitrogen and oxygen atoms in total. The van der Waals surface area contributed by atoms with Crippen molar-refractivity contribution in [1.82, 2.24) is 4.31 Å². The zero-order chi connectivity index (χ0) is 25.0. The second kappa shape index (κ2) is 10.0. The summed E-state index contributed by atoms with van der Waals surface area (Å²) in [7, 11) is -2.55. The number of carbonyl (C=O) groups excluding carboxylic acids is 2. The topological polar surface area (TPSA) is 99.2 Å². The van der Waals surface area contributed by atoms with Gasteiger partial charge in [0.1, 0.15) is 17.2 Å². The van der Waals surface area contributed by atoms with Gasteiger partial charge in [-0.15, -0.1) is 0 Å². The van der Waals surface area contributed by atoms with E-state index in [0.29, 0.717) is 17.1 Å². The molecule has 0 radical (unpaired) electrons. The van der Waals surface area contributed by atoms with Crippen LogP contribution in [0.4, 0.5) is 0 Å². The molecular weight excluding hydrogens is 470 g/mol. The van der Waals surface area contributed by atoms with Crippen molar-refractivity contribution in [2.24, 2.45) is 0 Å². The van der Waals surface area contributed by atoms with Gasteiger partial charge in [-0.2, -0.15) is 0 Å². The highest BCUT2D eigenvalue weighted by Gasteiger charge is 2.40. The Labute approximate surface area is 203 Å². The highest BCUT2D eigenvalue weighted by Crippen LogP contribution is 2.38. The van der Waals surface area contributed by atoms with Crippen molar-refractivity contribution in [3.05, 3.63) is 95.7 Å². The second-order valence-corrected chi connectivity index (χ2v) is 9.50. The SMILES string of the molecule is COc1ccc(OCC(=O)OC2=C(C(C)=O)N(Cc3ccccc3)S(=O)(=O)c3ccccc32)cc1. The first kappa shape index (κ1) is 24.0. The summed E-state index contributed by atoms with van der Waals surface area (Å²) in [6.45, 7) is 0.683. The van der Waals surface area contributed by atoms with Crippen LogP contribution in [-0.4, -0.2) is 38.2 Å². The fraction of sp³-hybridized carbons (Fsp3) is 0.154. The molecule has 0 bridgehead atoms. The fourth-order valence-corrected chi connectivity index (χ4v) is 5.37. The number of hydrogen-bond acceptors (Lipinski definition) is 7. The van der Waals surface area contributed by atoms with Crippen LogP contribution in [0.3, 0.4) is 0 Å². The third-order valence-corrected chi connectivity index (χ3v) is 7.10. The maximum atomic E-state index is 13.5. The quantitative estimate of drug-likeness (QED) is 0.441. The third-order valence-electron chi connectivity index (χ3n) is 5.30. The van der Waals surface area contributed by atoms with Crippen molar-refractivity contribution in [1.29, 1.82) is 0 Å². The Balaban J connectivity index is 1.69. The molecule has 1 heterocycles. The lowest BCUT2D eigenvalue weighted by Crippen LogP contribution is -2.38. The first-order valence-corrected chi connectivity index (χ1v) is 12.1. The molecule has 0 saturated heterocycles. The number of rotatable bonds is 8. The van der Waals surface area contributed by atoms with Crippen molar-refractivity contribution >= 4 is 27.5 Å². The van der Waals surface area contributed by atoms with Crippen LogP contribution in [0.15, 0.2) is 89.5 Å². The summed E-state index contributed by atoms with van der Waals surface area (Å²) in [5.74, 6) is -0.418. The molecule has 0 spiro atoms. The van der Waals surface area contributed by atoms with Crippen molar-refractivity contribution < 1.29 is 32.2 Å². The van der Waals surface area contributed by atoms with Gasteiger partial charge in [0, 0.05) is 12.5 Å². The Morgan fingerprint density at radius 3 is 2.14 bits per heavy atom. The number of ether oxygens (including phenoxy) is 3. The van der Waals surface area contributed by atoms with Crippen molar-refractivity contribution in [3.63, 3.8) is 0 Å². The Bertz CT molecular complexity index is 1380. The van der Waals surface area contributed by atoms with Crippen LogP contribution in [0.1, 0.15) is 18.1 Å². The summed E-state index contributed by atoms with van der Waals surface area (Å²) < 4.78 is 44.1. The van der Waals surface area contributed by atoms with Crippen LogP contribution in [0.5, 0.6) is 11.5 Å². The molecule has 35 heavy (non-hydrogen) atoms. The predicted octanol–water partition coefficient (Wildman–Crippen LogP) is 3.78. The van der Waals surface area contributed by atoms with Gasteiger partial charge in [-0.3, -0.25) is 9.10 Å². The molecule has 0 unspecified atom stereocenters. The summed E-state index contributed by atoms with van der Waals surface area (Å²) in [6.07, 6.45) is 0. The Morgan fingerprint density at radius 2 is 1.49 bits per heavy atom. The van der Waals surface area contributed by atoms with E-state index in [9.17, 15) is 18.0 Å². The van der Waals surface area contributed by atoms with Gasteiger partial charge in [-0.1, -0.05) is 42.5 Å². The van der Waals surface area contributed by atoms with Gasteiger partial charge < -0.3 is 14.2 Å². The van der Waals surface area contributed by atoms with E-state index in [0.717, 1.165) is 4.31 Å². The zero-order valence-corrected chi connectivity index (χ0v) is 19.9. The zero-order valence-electron chi connectivity index (χ0n) is 19.1. The van der Waals surface area contributed by atoms with Gasteiger partial charge in [0.05, 0.1) is 18.6 Å². The lowest BCUT2D eigenvalue weighted by molar-refractivity contribution is -0.139. The standard InChI is InChI=1S/C26H23NO7S/c1-18(28)25-26(34-24(29)17-33-21-14-12-20(32-2)13-15-21)22-10-6-7-11-23(22)35(30,31)27(25)16-19-8-4-3-5-9-19/h3-15H,16-17H2,1-2H3. The molecule has 1 aliphatic heterocycles. The van der Waals surface area contributed by atoms with E-state index in [1.807, 2.05) is 0 Å². The van der Waals surface area contributed by atoms with Gasteiger partial charge in [0.2, 0.25) is 0 Å². The lowest BCUT2D eigenvalue weighted by Gasteiger charge is -2.32. The number of allylic oxidation sites excluding steroid dienone is 1. The molecule has 3 aromatic carbocycles. The van der Waals surface area contributed by atoms with E-state index in [1.54, 1.807) is 66.7 Å². The minimum atomic E-state index is -4.09. The summed E-state index contributed by atoms with van der Waals surface area (Å²) in [6, 6.07) is 21.6. The number of esters is 1. The molecule has 0 atom stereocenters. The molecule has 0 aromatic heterocycles. The Morgan fingerprint density at radius 1 is 0.857 bits per heavy atom. The van der Waals surface area contributed by atoms with Gasteiger partial charge in [-0.05, 0) is 42.0 Å². The molecule has 180 valence electrons. The van der Waals surface area contributed by atoms with Crippen LogP contribution < -0.4 is 9.47 Å². The predicted molar refractivity (Wildman–Crippen MR) is 128 cm³/mol. The smallest absolute Gasteiger partial charge is 0.349 e. The summed E-state index contributed by atoms with van der Waals surface area (Å²) in [5, 5.41) is 0. The molecule has 0 fully saturated rings. The first-order chi connectivity index (χ1) is 16.8. The average molecular weight is 494 g/mol. The van der Waals surface area contributed by atoms with Crippen molar-refractivity contribution in [3.8, 4) is 11.5 Å². The molecule has 9 heteroatoms. The van der Waals surface area contributed by atoms with E-state index in [4.69, 9.17) is 14.2 Å². The Kier molecular flexibility index (Phi) is 6.88. The highest BCUT2D eigenvalue weighted by molar-refractivity contribution is 7.89. The molecule has 0 saturated carbocycles. The molecule has 3 aromatic rings. The third kappa shape index (κ3) is 5.04. The molecule has 0 N–H and O–H groups in total. The summed E-state index contributed by atoms with van der Waals surface area (Å²) in [5.41, 5.74) is 0.591. The minimum Gasteiger partial charge on any atom is -0.497 e. The number of sulfonamides is 1. The van der Waals surface area contributed by atoms with Crippen molar-refractivity contribution in [2.75, 3.05) is 13.7 Å². The molecule has 0 aliphatic carbocycles. The van der Waals surface area contributed by atoms with Gasteiger partial charge in [-0.25, -0.2) is 13.2 Å². The highest BCUT2D eigenvalue weighted by atomic mass is 32.2. The number of carbonyl (C=O) groups is 2. The molecule has 0 amide bonds. The second-order valence-electron chi connectivity index (χ2n) is 7.67. The minimum absolute atomic E-state index is 0.0557.